The standard InChI is InChI=1S/C13H14ClFN2O2/c14-5-4-12(18)16-10-7-13(19)17(8-10)11-3-1-2-9(15)6-11/h1-3,6,10H,4-5,7-8H2,(H,16,18)/t10-/m1/s1. The molecule has 0 aromatic heterocycles. The summed E-state index contributed by atoms with van der Waals surface area (Å²) in [6.07, 6.45) is 0.455. The van der Waals surface area contributed by atoms with Crippen LogP contribution in [-0.2, 0) is 9.59 Å². The van der Waals surface area contributed by atoms with E-state index < -0.39 is 0 Å². The molecule has 1 heterocycles. The molecule has 6 heteroatoms. The van der Waals surface area contributed by atoms with Gasteiger partial charge in [0.15, 0.2) is 0 Å². The van der Waals surface area contributed by atoms with Crippen LogP contribution in [0.5, 0.6) is 0 Å². The zero-order valence-corrected chi connectivity index (χ0v) is 11.0. The molecule has 1 N–H and O–H groups in total. The highest BCUT2D eigenvalue weighted by Gasteiger charge is 2.31. The molecule has 0 aliphatic carbocycles. The number of anilines is 1. The van der Waals surface area contributed by atoms with Crippen molar-refractivity contribution in [2.75, 3.05) is 17.3 Å². The van der Waals surface area contributed by atoms with E-state index in [4.69, 9.17) is 11.6 Å². The number of nitrogens with zero attached hydrogens (tertiary/aromatic N) is 1. The smallest absolute Gasteiger partial charge is 0.229 e. The quantitative estimate of drug-likeness (QED) is 0.855. The second kappa shape index (κ2) is 6.02. The Labute approximate surface area is 115 Å². The predicted molar refractivity (Wildman–Crippen MR) is 70.6 cm³/mol. The highest BCUT2D eigenvalue weighted by Crippen LogP contribution is 2.22. The van der Waals surface area contributed by atoms with Gasteiger partial charge in [-0.3, -0.25) is 9.59 Å². The average molecular weight is 285 g/mol. The fraction of sp³-hybridized carbons (Fsp3) is 0.385. The van der Waals surface area contributed by atoms with Crippen LogP contribution in [-0.4, -0.2) is 30.3 Å². The van der Waals surface area contributed by atoms with E-state index in [9.17, 15) is 14.0 Å². The molecule has 0 spiro atoms. The average Bonchev–Trinajstić information content (AvgIpc) is 2.70. The van der Waals surface area contributed by atoms with E-state index in [-0.39, 0.29) is 42.4 Å². The van der Waals surface area contributed by atoms with E-state index in [2.05, 4.69) is 5.32 Å². The lowest BCUT2D eigenvalue weighted by Gasteiger charge is -2.17. The van der Waals surface area contributed by atoms with Gasteiger partial charge in [0.25, 0.3) is 0 Å². The maximum Gasteiger partial charge on any atom is 0.229 e. The Morgan fingerprint density at radius 3 is 3.00 bits per heavy atom. The van der Waals surface area contributed by atoms with Gasteiger partial charge < -0.3 is 10.2 Å². The van der Waals surface area contributed by atoms with Crippen LogP contribution in [0.25, 0.3) is 0 Å². The van der Waals surface area contributed by atoms with E-state index in [0.29, 0.717) is 12.2 Å². The summed E-state index contributed by atoms with van der Waals surface area (Å²) in [6, 6.07) is 5.61. The molecule has 0 unspecified atom stereocenters. The van der Waals surface area contributed by atoms with Gasteiger partial charge in [0.05, 0.1) is 6.04 Å². The first-order valence-electron chi connectivity index (χ1n) is 6.01. The van der Waals surface area contributed by atoms with Crippen molar-refractivity contribution >= 4 is 29.1 Å². The molecule has 0 saturated carbocycles. The van der Waals surface area contributed by atoms with E-state index in [1.165, 1.54) is 17.0 Å². The number of hydrogen-bond donors (Lipinski definition) is 1. The van der Waals surface area contributed by atoms with E-state index >= 15 is 0 Å². The normalized spacial score (nSPS) is 18.7. The lowest BCUT2D eigenvalue weighted by Crippen LogP contribution is -2.37. The Kier molecular flexibility index (Phi) is 4.37. The molecule has 2 amide bonds. The molecule has 1 aromatic carbocycles. The van der Waals surface area contributed by atoms with Crippen LogP contribution in [0, 0.1) is 5.82 Å². The van der Waals surface area contributed by atoms with Crippen LogP contribution in [0.2, 0.25) is 0 Å². The van der Waals surface area contributed by atoms with Gasteiger partial charge in [-0.25, -0.2) is 4.39 Å². The second-order valence-corrected chi connectivity index (χ2v) is 4.77. The van der Waals surface area contributed by atoms with Crippen molar-refractivity contribution in [3.63, 3.8) is 0 Å². The first kappa shape index (κ1) is 13.8. The van der Waals surface area contributed by atoms with Gasteiger partial charge in [-0.15, -0.1) is 11.6 Å². The maximum absolute atomic E-state index is 13.1. The van der Waals surface area contributed by atoms with Crippen LogP contribution in [0.15, 0.2) is 24.3 Å². The third kappa shape index (κ3) is 3.44. The monoisotopic (exact) mass is 284 g/mol. The number of carbonyl (C=O) groups excluding carboxylic acids is 2. The van der Waals surface area contributed by atoms with Crippen molar-refractivity contribution in [1.82, 2.24) is 5.32 Å². The Balaban J connectivity index is 2.01. The number of alkyl halides is 1. The SMILES string of the molecule is O=C(CCCl)N[C@@H]1CC(=O)N(c2cccc(F)c2)C1. The predicted octanol–water partition coefficient (Wildman–Crippen LogP) is 1.68. The summed E-state index contributed by atoms with van der Waals surface area (Å²) in [5, 5.41) is 2.74. The lowest BCUT2D eigenvalue weighted by atomic mass is 10.2. The zero-order chi connectivity index (χ0) is 13.8. The van der Waals surface area contributed by atoms with Gasteiger partial charge in [-0.05, 0) is 18.2 Å². The van der Waals surface area contributed by atoms with Crippen LogP contribution >= 0.6 is 11.6 Å². The molecular weight excluding hydrogens is 271 g/mol. The Hall–Kier alpha value is -1.62. The summed E-state index contributed by atoms with van der Waals surface area (Å²) < 4.78 is 13.1. The summed E-state index contributed by atoms with van der Waals surface area (Å²) >= 11 is 5.47. The van der Waals surface area contributed by atoms with E-state index in [0.717, 1.165) is 0 Å². The first-order valence-corrected chi connectivity index (χ1v) is 6.55. The van der Waals surface area contributed by atoms with Gasteiger partial charge >= 0.3 is 0 Å². The van der Waals surface area contributed by atoms with Crippen molar-refractivity contribution in [2.45, 2.75) is 18.9 Å². The Morgan fingerprint density at radius 1 is 1.53 bits per heavy atom. The molecule has 1 aliphatic heterocycles. The fourth-order valence-electron chi connectivity index (χ4n) is 2.08. The van der Waals surface area contributed by atoms with Crippen molar-refractivity contribution in [3.05, 3.63) is 30.1 Å². The molecule has 0 radical (unpaired) electrons. The molecular formula is C13H14ClFN2O2. The van der Waals surface area contributed by atoms with Crippen molar-refractivity contribution in [1.29, 1.82) is 0 Å². The minimum atomic E-state index is -0.389. The number of amides is 2. The second-order valence-electron chi connectivity index (χ2n) is 4.39. The maximum atomic E-state index is 13.1. The third-order valence-corrected chi connectivity index (χ3v) is 3.12. The highest BCUT2D eigenvalue weighted by atomic mass is 35.5. The zero-order valence-electron chi connectivity index (χ0n) is 10.2. The highest BCUT2D eigenvalue weighted by molar-refractivity contribution is 6.18. The number of halogens is 2. The molecule has 1 atom stereocenters. The van der Waals surface area contributed by atoms with Crippen molar-refractivity contribution < 1.29 is 14.0 Å². The van der Waals surface area contributed by atoms with Gasteiger partial charge in [0, 0.05) is 31.0 Å². The largest absolute Gasteiger partial charge is 0.351 e. The van der Waals surface area contributed by atoms with Crippen LogP contribution in [0.3, 0.4) is 0 Å². The minimum absolute atomic E-state index is 0.123. The van der Waals surface area contributed by atoms with Gasteiger partial charge in [0.2, 0.25) is 11.8 Å². The van der Waals surface area contributed by atoms with Crippen LogP contribution in [0.4, 0.5) is 10.1 Å². The molecule has 1 aliphatic rings. The molecule has 0 bridgehead atoms. The molecule has 1 fully saturated rings. The Bertz CT molecular complexity index is 495. The van der Waals surface area contributed by atoms with Gasteiger partial charge in [0.1, 0.15) is 5.82 Å². The number of hydrogen-bond acceptors (Lipinski definition) is 2. The summed E-state index contributed by atoms with van der Waals surface area (Å²) in [5.41, 5.74) is 0.513. The number of carbonyl (C=O) groups is 2. The van der Waals surface area contributed by atoms with Gasteiger partial charge in [-0.1, -0.05) is 6.07 Å². The van der Waals surface area contributed by atoms with Crippen LogP contribution < -0.4 is 10.2 Å². The van der Waals surface area contributed by atoms with E-state index in [1.54, 1.807) is 12.1 Å². The molecule has 2 rings (SSSR count). The first-order chi connectivity index (χ1) is 9.10. The fourth-order valence-corrected chi connectivity index (χ4v) is 2.26. The number of benzene rings is 1. The summed E-state index contributed by atoms with van der Waals surface area (Å²) in [6.45, 7) is 0.357. The van der Waals surface area contributed by atoms with Crippen molar-refractivity contribution in [3.8, 4) is 0 Å². The number of nitrogens with one attached hydrogen (secondary N) is 1. The molecule has 102 valence electrons. The van der Waals surface area contributed by atoms with Crippen LogP contribution in [0.1, 0.15) is 12.8 Å². The third-order valence-electron chi connectivity index (χ3n) is 2.93. The number of rotatable bonds is 4. The van der Waals surface area contributed by atoms with Gasteiger partial charge in [-0.2, -0.15) is 0 Å². The summed E-state index contributed by atoms with van der Waals surface area (Å²) in [5.74, 6) is -0.435. The Morgan fingerprint density at radius 2 is 2.32 bits per heavy atom. The topological polar surface area (TPSA) is 49.4 Å². The molecule has 4 nitrogen and oxygen atoms in total. The van der Waals surface area contributed by atoms with Crippen molar-refractivity contribution in [2.24, 2.45) is 0 Å². The lowest BCUT2D eigenvalue weighted by molar-refractivity contribution is -0.121. The molecule has 1 aromatic rings. The molecule has 1 saturated heterocycles. The minimum Gasteiger partial charge on any atom is -0.351 e. The summed E-state index contributed by atoms with van der Waals surface area (Å²) in [7, 11) is 0. The van der Waals surface area contributed by atoms with E-state index in [1.807, 2.05) is 0 Å². The molecule has 19 heavy (non-hydrogen) atoms. The summed E-state index contributed by atoms with van der Waals surface area (Å²) in [4.78, 5) is 24.8.